The van der Waals surface area contributed by atoms with Gasteiger partial charge in [-0.05, 0) is 91.9 Å². The van der Waals surface area contributed by atoms with Crippen LogP contribution in [-0.2, 0) is 31.7 Å². The van der Waals surface area contributed by atoms with Gasteiger partial charge in [0.2, 0.25) is 11.8 Å². The van der Waals surface area contributed by atoms with Crippen LogP contribution in [0.3, 0.4) is 0 Å². The first-order valence-electron chi connectivity index (χ1n) is 11.1. The predicted octanol–water partition coefficient (Wildman–Crippen LogP) is 5.51. The molecular weight excluding hydrogens is 542 g/mol. The number of carbonyl (C=O) groups is 2. The second kappa shape index (κ2) is 9.47. The second-order valence-electron chi connectivity index (χ2n) is 9.64. The molecule has 3 aliphatic rings. The monoisotopic (exact) mass is 566 g/mol. The quantitative estimate of drug-likeness (QED) is 0.446. The SMILES string of the molecule is CC1(C)OB(c2cc3c(cc2Cl)CCC(=O)N3)OC1(C)C.O=C1CCc2cc(Cl)c(Br)cc2N1. The summed E-state index contributed by atoms with van der Waals surface area (Å²) in [5.41, 5.74) is 3.76. The van der Waals surface area contributed by atoms with E-state index in [2.05, 4.69) is 26.6 Å². The summed E-state index contributed by atoms with van der Waals surface area (Å²) in [4.78, 5) is 22.6. The van der Waals surface area contributed by atoms with Gasteiger partial charge in [0.25, 0.3) is 0 Å². The Kier molecular flexibility index (Phi) is 7.11. The lowest BCUT2D eigenvalue weighted by atomic mass is 9.77. The summed E-state index contributed by atoms with van der Waals surface area (Å²) in [5, 5.41) is 6.99. The highest BCUT2D eigenvalue weighted by Gasteiger charge is 2.52. The number of halogens is 3. The van der Waals surface area contributed by atoms with Crippen LogP contribution in [0.4, 0.5) is 11.4 Å². The van der Waals surface area contributed by atoms with Gasteiger partial charge in [-0.3, -0.25) is 9.59 Å². The molecule has 0 atom stereocenters. The van der Waals surface area contributed by atoms with Gasteiger partial charge in [0.1, 0.15) is 0 Å². The Hall–Kier alpha value is -1.58. The first kappa shape index (κ1) is 25.5. The van der Waals surface area contributed by atoms with Gasteiger partial charge in [-0.2, -0.15) is 0 Å². The molecule has 3 aliphatic heterocycles. The topological polar surface area (TPSA) is 76.7 Å². The lowest BCUT2D eigenvalue weighted by Crippen LogP contribution is -2.41. The maximum Gasteiger partial charge on any atom is 0.496 e. The molecule has 2 amide bonds. The number of hydrogen-bond donors (Lipinski definition) is 2. The van der Waals surface area contributed by atoms with Crippen molar-refractivity contribution in [3.05, 3.63) is 49.9 Å². The van der Waals surface area contributed by atoms with E-state index >= 15 is 0 Å². The van der Waals surface area contributed by atoms with Crippen molar-refractivity contribution in [1.82, 2.24) is 0 Å². The summed E-state index contributed by atoms with van der Waals surface area (Å²) in [6, 6.07) is 7.50. The first-order chi connectivity index (χ1) is 15.9. The predicted molar refractivity (Wildman–Crippen MR) is 140 cm³/mol. The van der Waals surface area contributed by atoms with E-state index < -0.39 is 18.3 Å². The minimum Gasteiger partial charge on any atom is -0.399 e. The number of carbonyl (C=O) groups excluding carboxylic acids is 2. The van der Waals surface area contributed by atoms with Crippen molar-refractivity contribution >= 4 is 74.9 Å². The lowest BCUT2D eigenvalue weighted by Gasteiger charge is -2.32. The third-order valence-corrected chi connectivity index (χ3v) is 8.19. The van der Waals surface area contributed by atoms with Gasteiger partial charge < -0.3 is 19.9 Å². The molecule has 2 aromatic carbocycles. The fourth-order valence-corrected chi connectivity index (χ4v) is 4.74. The molecule has 2 N–H and O–H groups in total. The molecule has 0 unspecified atom stereocenters. The highest BCUT2D eigenvalue weighted by atomic mass is 79.9. The van der Waals surface area contributed by atoms with E-state index in [-0.39, 0.29) is 11.8 Å². The lowest BCUT2D eigenvalue weighted by molar-refractivity contribution is -0.117. The smallest absolute Gasteiger partial charge is 0.399 e. The summed E-state index contributed by atoms with van der Waals surface area (Å²) in [6.45, 7) is 8.00. The molecule has 0 bridgehead atoms. The summed E-state index contributed by atoms with van der Waals surface area (Å²) < 4.78 is 12.9. The Morgan fingerprint density at radius 1 is 0.794 bits per heavy atom. The van der Waals surface area contributed by atoms with Crippen LogP contribution in [0.15, 0.2) is 28.7 Å². The standard InChI is InChI=1S/C15H19BClNO3.C9H7BrClNO/c1-14(2)15(3,4)21-16(20-14)10-8-12-9(7-11(10)17)5-6-13(19)18-12;10-6-4-8-5(3-7(6)11)1-2-9(13)12-8/h7-8H,5-6H2,1-4H3,(H,18,19);3-4H,1-2H2,(H,12,13). The number of amides is 2. The molecule has 1 saturated heterocycles. The van der Waals surface area contributed by atoms with Crippen molar-refractivity contribution in [1.29, 1.82) is 0 Å². The summed E-state index contributed by atoms with van der Waals surface area (Å²) >= 11 is 15.6. The summed E-state index contributed by atoms with van der Waals surface area (Å²) in [7, 11) is -0.522. The average molecular weight is 568 g/mol. The number of anilines is 2. The molecule has 0 aliphatic carbocycles. The van der Waals surface area contributed by atoms with E-state index in [0.29, 0.717) is 29.3 Å². The zero-order valence-electron chi connectivity index (χ0n) is 19.5. The zero-order chi connectivity index (χ0) is 24.8. The van der Waals surface area contributed by atoms with Gasteiger partial charge >= 0.3 is 7.12 Å². The Morgan fingerprint density at radius 2 is 1.26 bits per heavy atom. The van der Waals surface area contributed by atoms with Gasteiger partial charge in [-0.25, -0.2) is 0 Å². The van der Waals surface area contributed by atoms with E-state index in [4.69, 9.17) is 32.5 Å². The highest BCUT2D eigenvalue weighted by Crippen LogP contribution is 2.38. The number of rotatable bonds is 1. The number of nitrogens with one attached hydrogen (secondary N) is 2. The molecule has 0 saturated carbocycles. The molecular formula is C24H26BBrCl2N2O4. The Morgan fingerprint density at radius 3 is 1.79 bits per heavy atom. The molecule has 0 radical (unpaired) electrons. The van der Waals surface area contributed by atoms with E-state index in [9.17, 15) is 9.59 Å². The van der Waals surface area contributed by atoms with Crippen LogP contribution in [0.5, 0.6) is 0 Å². The number of hydrogen-bond acceptors (Lipinski definition) is 4. The Labute approximate surface area is 218 Å². The summed E-state index contributed by atoms with van der Waals surface area (Å²) in [5.74, 6) is 0.103. The fourth-order valence-electron chi connectivity index (χ4n) is 3.94. The van der Waals surface area contributed by atoms with Crippen molar-refractivity contribution in [2.45, 2.75) is 64.6 Å². The first-order valence-corrected chi connectivity index (χ1v) is 12.7. The van der Waals surface area contributed by atoms with Crippen LogP contribution in [0.25, 0.3) is 0 Å². The Balaban J connectivity index is 0.000000180. The minimum absolute atomic E-state index is 0.0321. The van der Waals surface area contributed by atoms with Crippen LogP contribution in [0.2, 0.25) is 10.0 Å². The second-order valence-corrected chi connectivity index (χ2v) is 11.3. The molecule has 3 heterocycles. The van der Waals surface area contributed by atoms with E-state index in [1.807, 2.05) is 52.0 Å². The van der Waals surface area contributed by atoms with Gasteiger partial charge in [0.15, 0.2) is 0 Å². The number of fused-ring (bicyclic) bond motifs is 2. The largest absolute Gasteiger partial charge is 0.496 e. The molecule has 10 heteroatoms. The van der Waals surface area contributed by atoms with Crippen LogP contribution in [0, 0.1) is 0 Å². The minimum atomic E-state index is -0.522. The van der Waals surface area contributed by atoms with Crippen molar-refractivity contribution in [3.63, 3.8) is 0 Å². The third-order valence-electron chi connectivity index (χ3n) is 6.67. The zero-order valence-corrected chi connectivity index (χ0v) is 22.6. The number of benzene rings is 2. The van der Waals surface area contributed by atoms with Crippen LogP contribution in [0.1, 0.15) is 51.7 Å². The average Bonchev–Trinajstić information content (AvgIpc) is 2.96. The van der Waals surface area contributed by atoms with E-state index in [0.717, 1.165) is 38.9 Å². The highest BCUT2D eigenvalue weighted by molar-refractivity contribution is 9.10. The molecule has 2 aromatic rings. The van der Waals surface area contributed by atoms with Gasteiger partial charge in [-0.15, -0.1) is 0 Å². The Bertz CT molecular complexity index is 1160. The van der Waals surface area contributed by atoms with Gasteiger partial charge in [-0.1, -0.05) is 23.2 Å². The molecule has 0 aromatic heterocycles. The maximum atomic E-state index is 11.5. The summed E-state index contributed by atoms with van der Waals surface area (Å²) in [6.07, 6.45) is 2.53. The normalized spacial score (nSPS) is 19.9. The maximum absolute atomic E-state index is 11.5. The molecule has 34 heavy (non-hydrogen) atoms. The van der Waals surface area contributed by atoms with Crippen molar-refractivity contribution in [3.8, 4) is 0 Å². The van der Waals surface area contributed by atoms with Crippen LogP contribution >= 0.6 is 39.1 Å². The van der Waals surface area contributed by atoms with Crippen molar-refractivity contribution in [2.24, 2.45) is 0 Å². The van der Waals surface area contributed by atoms with Gasteiger partial charge in [0.05, 0.1) is 16.2 Å². The molecule has 180 valence electrons. The third kappa shape index (κ3) is 5.16. The van der Waals surface area contributed by atoms with Crippen LogP contribution in [-0.4, -0.2) is 30.1 Å². The van der Waals surface area contributed by atoms with Crippen molar-refractivity contribution in [2.75, 3.05) is 10.6 Å². The van der Waals surface area contributed by atoms with E-state index in [1.54, 1.807) is 0 Å². The number of aryl methyl sites for hydroxylation is 2. The molecule has 1 fully saturated rings. The van der Waals surface area contributed by atoms with Gasteiger partial charge in [0, 0.05) is 39.2 Å². The molecule has 5 rings (SSSR count). The molecule has 6 nitrogen and oxygen atoms in total. The van der Waals surface area contributed by atoms with E-state index in [1.165, 1.54) is 0 Å². The van der Waals surface area contributed by atoms with Crippen molar-refractivity contribution < 1.29 is 18.9 Å². The fraction of sp³-hybridized carbons (Fsp3) is 0.417. The van der Waals surface area contributed by atoms with Crippen LogP contribution < -0.4 is 16.1 Å². The molecule has 0 spiro atoms.